The number of anilines is 2. The van der Waals surface area contributed by atoms with Crippen LogP contribution in [0.2, 0.25) is 5.02 Å². The van der Waals surface area contributed by atoms with Gasteiger partial charge in [0.05, 0.1) is 22.4 Å². The maximum absolute atomic E-state index is 13.2. The molecule has 0 aliphatic rings. The highest BCUT2D eigenvalue weighted by atomic mass is 35.5. The summed E-state index contributed by atoms with van der Waals surface area (Å²) in [6.45, 7) is 0. The molecule has 0 saturated carbocycles. The molecule has 0 radical (unpaired) electrons. The van der Waals surface area contributed by atoms with Gasteiger partial charge in [0.25, 0.3) is 11.8 Å². The van der Waals surface area contributed by atoms with E-state index in [1.807, 2.05) is 0 Å². The van der Waals surface area contributed by atoms with E-state index < -0.39 is 29.1 Å². The summed E-state index contributed by atoms with van der Waals surface area (Å²) < 4.78 is 39.5. The van der Waals surface area contributed by atoms with E-state index in [1.54, 1.807) is 36.4 Å². The predicted octanol–water partition coefficient (Wildman–Crippen LogP) is 5.86. The van der Waals surface area contributed by atoms with Crippen molar-refractivity contribution in [1.29, 1.82) is 0 Å². The number of hydrogen-bond acceptors (Lipinski definition) is 2. The van der Waals surface area contributed by atoms with Gasteiger partial charge in [-0.2, -0.15) is 13.2 Å². The molecule has 2 N–H and O–H groups in total. The minimum Gasteiger partial charge on any atom is -0.322 e. The first-order chi connectivity index (χ1) is 13.8. The van der Waals surface area contributed by atoms with Gasteiger partial charge in [-0.3, -0.25) is 9.59 Å². The Morgan fingerprint density at radius 1 is 0.724 bits per heavy atom. The Bertz CT molecular complexity index is 1050. The van der Waals surface area contributed by atoms with Crippen molar-refractivity contribution >= 4 is 34.8 Å². The van der Waals surface area contributed by atoms with E-state index in [9.17, 15) is 22.8 Å². The second-order valence-corrected chi connectivity index (χ2v) is 6.44. The van der Waals surface area contributed by atoms with Crippen LogP contribution in [-0.2, 0) is 6.18 Å². The van der Waals surface area contributed by atoms with E-state index in [2.05, 4.69) is 10.6 Å². The van der Waals surface area contributed by atoms with Gasteiger partial charge in [0.1, 0.15) is 0 Å². The summed E-state index contributed by atoms with van der Waals surface area (Å²) in [7, 11) is 0. The molecule has 0 heterocycles. The molecule has 3 aromatic rings. The Hall–Kier alpha value is -3.32. The van der Waals surface area contributed by atoms with Crippen LogP contribution in [0.5, 0.6) is 0 Å². The number of hydrogen-bond donors (Lipinski definition) is 2. The van der Waals surface area contributed by atoms with Gasteiger partial charge in [-0.15, -0.1) is 0 Å². The second kappa shape index (κ2) is 8.36. The van der Waals surface area contributed by atoms with E-state index in [4.69, 9.17) is 11.6 Å². The van der Waals surface area contributed by atoms with Crippen molar-refractivity contribution in [2.24, 2.45) is 0 Å². The van der Waals surface area contributed by atoms with Gasteiger partial charge in [0.2, 0.25) is 0 Å². The van der Waals surface area contributed by atoms with E-state index >= 15 is 0 Å². The summed E-state index contributed by atoms with van der Waals surface area (Å²) >= 11 is 5.81. The van der Waals surface area contributed by atoms with Crippen molar-refractivity contribution in [2.45, 2.75) is 6.18 Å². The summed E-state index contributed by atoms with van der Waals surface area (Å²) in [4.78, 5) is 25.1. The van der Waals surface area contributed by atoms with Crippen LogP contribution in [0.4, 0.5) is 24.5 Å². The predicted molar refractivity (Wildman–Crippen MR) is 105 cm³/mol. The van der Waals surface area contributed by atoms with E-state index in [0.29, 0.717) is 10.7 Å². The number of nitrogens with one attached hydrogen (secondary N) is 2. The molecule has 2 amide bonds. The number of alkyl halides is 3. The van der Waals surface area contributed by atoms with Crippen LogP contribution in [-0.4, -0.2) is 11.8 Å². The number of carbonyl (C=O) groups excluding carboxylic acids is 2. The lowest BCUT2D eigenvalue weighted by atomic mass is 10.1. The Morgan fingerprint density at radius 2 is 1.28 bits per heavy atom. The Morgan fingerprint density at radius 3 is 1.93 bits per heavy atom. The fraction of sp³-hybridized carbons (Fsp3) is 0.0476. The number of halogens is 4. The average Bonchev–Trinajstić information content (AvgIpc) is 2.69. The van der Waals surface area contributed by atoms with Gasteiger partial charge in [0, 0.05) is 10.7 Å². The molecule has 0 spiro atoms. The highest BCUT2D eigenvalue weighted by molar-refractivity contribution is 6.30. The molecule has 0 fully saturated rings. The Balaban J connectivity index is 1.85. The van der Waals surface area contributed by atoms with E-state index in [1.165, 1.54) is 24.3 Å². The number of benzene rings is 3. The monoisotopic (exact) mass is 418 g/mol. The van der Waals surface area contributed by atoms with Crippen LogP contribution < -0.4 is 10.6 Å². The van der Waals surface area contributed by atoms with Gasteiger partial charge in [0.15, 0.2) is 0 Å². The van der Waals surface area contributed by atoms with Crippen LogP contribution in [0.3, 0.4) is 0 Å². The molecular weight excluding hydrogens is 405 g/mol. The molecule has 0 atom stereocenters. The first-order valence-corrected chi connectivity index (χ1v) is 8.77. The zero-order chi connectivity index (χ0) is 21.0. The summed E-state index contributed by atoms with van der Waals surface area (Å²) in [5.41, 5.74) is -0.933. The average molecular weight is 419 g/mol. The van der Waals surface area contributed by atoms with Gasteiger partial charge in [-0.1, -0.05) is 35.9 Å². The molecule has 0 aliphatic carbocycles. The zero-order valence-electron chi connectivity index (χ0n) is 14.8. The standard InChI is InChI=1S/C21H14ClF3N2O2/c22-13-9-11-14(12-10-13)26-20(29)16-6-2-4-8-18(16)27-19(28)15-5-1-3-7-17(15)21(23,24)25/h1-12H,(H,26,29)(H,27,28). The molecule has 0 aromatic heterocycles. The first kappa shape index (κ1) is 20.4. The van der Waals surface area contributed by atoms with Crippen molar-refractivity contribution < 1.29 is 22.8 Å². The third-order valence-electron chi connectivity index (χ3n) is 4.00. The van der Waals surface area contributed by atoms with Crippen molar-refractivity contribution in [3.8, 4) is 0 Å². The molecule has 0 unspecified atom stereocenters. The zero-order valence-corrected chi connectivity index (χ0v) is 15.5. The molecule has 29 heavy (non-hydrogen) atoms. The summed E-state index contributed by atoms with van der Waals surface area (Å²) in [6.07, 6.45) is -4.68. The SMILES string of the molecule is O=C(Nc1ccc(Cl)cc1)c1ccccc1NC(=O)c1ccccc1C(F)(F)F. The highest BCUT2D eigenvalue weighted by Gasteiger charge is 2.35. The number of carbonyl (C=O) groups is 2. The number of rotatable bonds is 4. The normalized spacial score (nSPS) is 11.0. The summed E-state index contributed by atoms with van der Waals surface area (Å²) in [5, 5.41) is 5.54. The quantitative estimate of drug-likeness (QED) is 0.557. The van der Waals surface area contributed by atoms with Crippen LogP contribution >= 0.6 is 11.6 Å². The smallest absolute Gasteiger partial charge is 0.322 e. The van der Waals surface area contributed by atoms with E-state index in [-0.39, 0.29) is 11.3 Å². The first-order valence-electron chi connectivity index (χ1n) is 8.39. The van der Waals surface area contributed by atoms with Crippen molar-refractivity contribution in [3.05, 3.63) is 94.5 Å². The van der Waals surface area contributed by atoms with Crippen molar-refractivity contribution in [2.75, 3.05) is 10.6 Å². The van der Waals surface area contributed by atoms with Gasteiger partial charge in [-0.05, 0) is 48.5 Å². The van der Waals surface area contributed by atoms with Gasteiger partial charge < -0.3 is 10.6 Å². The molecule has 148 valence electrons. The van der Waals surface area contributed by atoms with Crippen molar-refractivity contribution in [1.82, 2.24) is 0 Å². The maximum atomic E-state index is 13.2. The van der Waals surface area contributed by atoms with Crippen LogP contribution in [0.25, 0.3) is 0 Å². The van der Waals surface area contributed by atoms with Crippen LogP contribution in [0, 0.1) is 0 Å². The molecule has 3 rings (SSSR count). The van der Waals surface area contributed by atoms with E-state index in [0.717, 1.165) is 12.1 Å². The summed E-state index contributed by atoms with van der Waals surface area (Å²) in [6, 6.07) is 16.9. The molecule has 3 aromatic carbocycles. The number of amides is 2. The molecule has 0 bridgehead atoms. The number of para-hydroxylation sites is 1. The minimum absolute atomic E-state index is 0.0842. The molecule has 8 heteroatoms. The molecular formula is C21H14ClF3N2O2. The molecule has 0 saturated heterocycles. The maximum Gasteiger partial charge on any atom is 0.417 e. The lowest BCUT2D eigenvalue weighted by Gasteiger charge is -2.14. The lowest BCUT2D eigenvalue weighted by molar-refractivity contribution is -0.137. The van der Waals surface area contributed by atoms with Crippen LogP contribution in [0.1, 0.15) is 26.3 Å². The topological polar surface area (TPSA) is 58.2 Å². The highest BCUT2D eigenvalue weighted by Crippen LogP contribution is 2.32. The summed E-state index contributed by atoms with van der Waals surface area (Å²) in [5.74, 6) is -1.50. The third-order valence-corrected chi connectivity index (χ3v) is 4.25. The van der Waals surface area contributed by atoms with Gasteiger partial charge >= 0.3 is 6.18 Å². The fourth-order valence-corrected chi connectivity index (χ4v) is 2.77. The van der Waals surface area contributed by atoms with Crippen molar-refractivity contribution in [3.63, 3.8) is 0 Å². The van der Waals surface area contributed by atoms with Crippen LogP contribution in [0.15, 0.2) is 72.8 Å². The lowest BCUT2D eigenvalue weighted by Crippen LogP contribution is -2.21. The fourth-order valence-electron chi connectivity index (χ4n) is 2.64. The minimum atomic E-state index is -4.68. The van der Waals surface area contributed by atoms with Gasteiger partial charge in [-0.25, -0.2) is 0 Å². The Labute approximate surface area is 169 Å². The largest absolute Gasteiger partial charge is 0.417 e. The second-order valence-electron chi connectivity index (χ2n) is 6.00. The molecule has 4 nitrogen and oxygen atoms in total. The molecule has 0 aliphatic heterocycles. The Kier molecular flexibility index (Phi) is 5.89. The third kappa shape index (κ3) is 4.94.